The van der Waals surface area contributed by atoms with Crippen LogP contribution in [0.5, 0.6) is 11.5 Å². The summed E-state index contributed by atoms with van der Waals surface area (Å²) in [5.74, 6) is 1.72. The first-order valence-corrected chi connectivity index (χ1v) is 11.4. The number of ether oxygens (including phenoxy) is 2. The van der Waals surface area contributed by atoms with E-state index < -0.39 is 0 Å². The molecule has 1 aromatic heterocycles. The SMILES string of the molecule is Br.COc1cccc(OC)c1CN=C(N)Nc1nc(C(c2ccccc2)c2ccccc2)cs1. The molecule has 34 heavy (non-hydrogen) atoms. The summed E-state index contributed by atoms with van der Waals surface area (Å²) in [5, 5.41) is 5.87. The fraction of sp³-hybridized carbons (Fsp3) is 0.154. The van der Waals surface area contributed by atoms with Crippen molar-refractivity contribution in [3.8, 4) is 11.5 Å². The molecule has 1 heterocycles. The Morgan fingerprint density at radius 1 is 0.912 bits per heavy atom. The Hall–Kier alpha value is -3.36. The molecule has 8 heteroatoms. The maximum Gasteiger partial charge on any atom is 0.195 e. The fourth-order valence-corrected chi connectivity index (χ4v) is 4.44. The quantitative estimate of drug-likeness (QED) is 0.217. The van der Waals surface area contributed by atoms with Crippen molar-refractivity contribution in [3.63, 3.8) is 0 Å². The molecule has 6 nitrogen and oxygen atoms in total. The minimum Gasteiger partial charge on any atom is -0.496 e. The highest BCUT2D eigenvalue weighted by atomic mass is 79.9. The topological polar surface area (TPSA) is 81.8 Å². The normalized spacial score (nSPS) is 11.1. The van der Waals surface area contributed by atoms with Crippen LogP contribution in [-0.4, -0.2) is 25.2 Å². The summed E-state index contributed by atoms with van der Waals surface area (Å²) in [6, 6.07) is 26.4. The molecule has 0 saturated heterocycles. The van der Waals surface area contributed by atoms with E-state index in [4.69, 9.17) is 20.2 Å². The molecular formula is C26H27BrN4O2S. The van der Waals surface area contributed by atoms with Gasteiger partial charge in [0.15, 0.2) is 11.1 Å². The van der Waals surface area contributed by atoms with E-state index in [1.807, 2.05) is 54.6 Å². The zero-order valence-electron chi connectivity index (χ0n) is 19.0. The third-order valence-corrected chi connectivity index (χ3v) is 6.03. The Morgan fingerprint density at radius 3 is 2.00 bits per heavy atom. The van der Waals surface area contributed by atoms with Gasteiger partial charge in [0, 0.05) is 5.38 Å². The smallest absolute Gasteiger partial charge is 0.195 e. The van der Waals surface area contributed by atoms with Crippen LogP contribution in [0.15, 0.2) is 89.2 Å². The molecule has 0 aliphatic rings. The molecule has 0 atom stereocenters. The number of methoxy groups -OCH3 is 2. The summed E-state index contributed by atoms with van der Waals surface area (Å²) in [7, 11) is 3.24. The third kappa shape index (κ3) is 5.95. The minimum absolute atomic E-state index is 0. The molecule has 0 amide bonds. The average molecular weight is 539 g/mol. The van der Waals surface area contributed by atoms with Crippen LogP contribution in [0.2, 0.25) is 0 Å². The number of nitrogens with two attached hydrogens (primary N) is 1. The van der Waals surface area contributed by atoms with Crippen LogP contribution in [-0.2, 0) is 6.54 Å². The lowest BCUT2D eigenvalue weighted by molar-refractivity contribution is 0.385. The third-order valence-electron chi connectivity index (χ3n) is 5.26. The highest BCUT2D eigenvalue weighted by Gasteiger charge is 2.19. The zero-order valence-corrected chi connectivity index (χ0v) is 21.5. The van der Waals surface area contributed by atoms with Crippen LogP contribution in [0.3, 0.4) is 0 Å². The standard InChI is InChI=1S/C26H26N4O2S.BrH/c1-31-22-14-9-15-23(32-2)20(22)16-28-25(27)30-26-29-21(17-33-26)24(18-10-5-3-6-11-18)19-12-7-4-8-13-19;/h3-15,17,24H,16H2,1-2H3,(H3,27,28,29,30);1H. The summed E-state index contributed by atoms with van der Waals surface area (Å²) in [5.41, 5.74) is 10.3. The number of hydrogen-bond donors (Lipinski definition) is 2. The number of guanidine groups is 1. The maximum atomic E-state index is 6.17. The van der Waals surface area contributed by atoms with Gasteiger partial charge in [-0.15, -0.1) is 28.3 Å². The first kappa shape index (κ1) is 25.3. The Bertz CT molecular complexity index is 1150. The summed E-state index contributed by atoms with van der Waals surface area (Å²) < 4.78 is 10.9. The molecule has 0 saturated carbocycles. The molecular weight excluding hydrogens is 512 g/mol. The lowest BCUT2D eigenvalue weighted by Gasteiger charge is -2.16. The predicted molar refractivity (Wildman–Crippen MR) is 145 cm³/mol. The van der Waals surface area contributed by atoms with E-state index in [0.29, 0.717) is 23.2 Å². The van der Waals surface area contributed by atoms with Gasteiger partial charge in [0.25, 0.3) is 0 Å². The van der Waals surface area contributed by atoms with Crippen LogP contribution in [0.4, 0.5) is 5.13 Å². The average Bonchev–Trinajstić information content (AvgIpc) is 3.31. The van der Waals surface area contributed by atoms with Crippen molar-refractivity contribution < 1.29 is 9.47 Å². The molecule has 3 N–H and O–H groups in total. The molecule has 4 rings (SSSR count). The van der Waals surface area contributed by atoms with Crippen molar-refractivity contribution in [1.29, 1.82) is 0 Å². The largest absolute Gasteiger partial charge is 0.496 e. The minimum atomic E-state index is 0. The van der Waals surface area contributed by atoms with E-state index in [9.17, 15) is 0 Å². The number of anilines is 1. The van der Waals surface area contributed by atoms with Crippen molar-refractivity contribution in [2.75, 3.05) is 19.5 Å². The summed E-state index contributed by atoms with van der Waals surface area (Å²) in [6.45, 7) is 0.320. The summed E-state index contributed by atoms with van der Waals surface area (Å²) in [6.07, 6.45) is 0. The van der Waals surface area contributed by atoms with E-state index in [-0.39, 0.29) is 28.9 Å². The van der Waals surface area contributed by atoms with Gasteiger partial charge in [0.05, 0.1) is 37.9 Å². The van der Waals surface area contributed by atoms with Gasteiger partial charge in [-0.1, -0.05) is 66.7 Å². The molecule has 0 fully saturated rings. The van der Waals surface area contributed by atoms with Crippen LogP contribution >= 0.6 is 28.3 Å². The lowest BCUT2D eigenvalue weighted by atomic mass is 9.89. The van der Waals surface area contributed by atoms with Crippen molar-refractivity contribution >= 4 is 39.4 Å². The molecule has 0 aliphatic heterocycles. The highest BCUT2D eigenvalue weighted by Crippen LogP contribution is 2.33. The lowest BCUT2D eigenvalue weighted by Crippen LogP contribution is -2.22. The first-order valence-electron chi connectivity index (χ1n) is 10.5. The monoisotopic (exact) mass is 538 g/mol. The number of nitrogens with zero attached hydrogens (tertiary/aromatic N) is 2. The number of hydrogen-bond acceptors (Lipinski definition) is 5. The number of nitrogens with one attached hydrogen (secondary N) is 1. The summed E-state index contributed by atoms with van der Waals surface area (Å²) in [4.78, 5) is 9.29. The van der Waals surface area contributed by atoms with Gasteiger partial charge in [-0.25, -0.2) is 9.98 Å². The van der Waals surface area contributed by atoms with E-state index in [0.717, 1.165) is 11.3 Å². The molecule has 0 unspecified atom stereocenters. The molecule has 0 aliphatic carbocycles. The molecule has 0 bridgehead atoms. The number of aromatic nitrogens is 1. The number of benzene rings is 3. The van der Waals surface area contributed by atoms with Gasteiger partial charge < -0.3 is 20.5 Å². The van der Waals surface area contributed by atoms with Crippen molar-refractivity contribution in [1.82, 2.24) is 4.98 Å². The fourth-order valence-electron chi connectivity index (χ4n) is 3.70. The molecule has 3 aromatic carbocycles. The van der Waals surface area contributed by atoms with Gasteiger partial charge in [-0.3, -0.25) is 0 Å². The van der Waals surface area contributed by atoms with E-state index in [1.165, 1.54) is 22.5 Å². The van der Waals surface area contributed by atoms with Crippen molar-refractivity contribution in [2.45, 2.75) is 12.5 Å². The number of thiazole rings is 1. The van der Waals surface area contributed by atoms with E-state index in [1.54, 1.807) is 14.2 Å². The molecule has 176 valence electrons. The molecule has 0 spiro atoms. The second-order valence-electron chi connectivity index (χ2n) is 7.30. The second kappa shape index (κ2) is 12.2. The Kier molecular flexibility index (Phi) is 9.07. The predicted octanol–water partition coefficient (Wildman–Crippen LogP) is 5.85. The van der Waals surface area contributed by atoms with E-state index in [2.05, 4.69) is 40.0 Å². The van der Waals surface area contributed by atoms with Gasteiger partial charge in [0.1, 0.15) is 11.5 Å². The summed E-state index contributed by atoms with van der Waals surface area (Å²) >= 11 is 1.50. The van der Waals surface area contributed by atoms with Gasteiger partial charge in [-0.2, -0.15) is 0 Å². The van der Waals surface area contributed by atoms with Crippen LogP contribution < -0.4 is 20.5 Å². The van der Waals surface area contributed by atoms with Crippen LogP contribution in [0.1, 0.15) is 28.3 Å². The van der Waals surface area contributed by atoms with Gasteiger partial charge >= 0.3 is 0 Å². The van der Waals surface area contributed by atoms with Crippen LogP contribution in [0.25, 0.3) is 0 Å². The van der Waals surface area contributed by atoms with Gasteiger partial charge in [-0.05, 0) is 23.3 Å². The first-order chi connectivity index (χ1) is 16.2. The van der Waals surface area contributed by atoms with Crippen molar-refractivity contribution in [3.05, 3.63) is 107 Å². The van der Waals surface area contributed by atoms with Crippen LogP contribution in [0, 0.1) is 0 Å². The Labute approximate surface area is 214 Å². The molecule has 4 aromatic rings. The highest BCUT2D eigenvalue weighted by molar-refractivity contribution is 8.93. The Balaban J connectivity index is 0.00000324. The number of halogens is 1. The number of rotatable bonds is 8. The number of aliphatic imine (C=N–C) groups is 1. The zero-order chi connectivity index (χ0) is 23.0. The van der Waals surface area contributed by atoms with Crippen molar-refractivity contribution in [2.24, 2.45) is 10.7 Å². The van der Waals surface area contributed by atoms with E-state index >= 15 is 0 Å². The maximum absolute atomic E-state index is 6.17. The molecule has 0 radical (unpaired) electrons. The second-order valence-corrected chi connectivity index (χ2v) is 8.16. The van der Waals surface area contributed by atoms with Gasteiger partial charge in [0.2, 0.25) is 0 Å². The Morgan fingerprint density at radius 2 is 1.47 bits per heavy atom.